The predicted molar refractivity (Wildman–Crippen MR) is 99.7 cm³/mol. The first-order valence-corrected chi connectivity index (χ1v) is 8.30. The third kappa shape index (κ3) is 5.85. The van der Waals surface area contributed by atoms with Crippen molar-refractivity contribution < 1.29 is 9.53 Å². The molecule has 0 aromatic heterocycles. The van der Waals surface area contributed by atoms with Gasteiger partial charge >= 0.3 is 0 Å². The molecule has 0 aliphatic carbocycles. The molecule has 0 aromatic carbocycles. The van der Waals surface area contributed by atoms with Gasteiger partial charge in [-0.25, -0.2) is 0 Å². The maximum Gasteiger partial charge on any atom is 0.223 e. The molecule has 7 heteroatoms. The lowest BCUT2D eigenvalue weighted by Crippen LogP contribution is -2.48. The van der Waals surface area contributed by atoms with Gasteiger partial charge in [-0.2, -0.15) is 5.26 Å². The molecular weight excluding hydrogens is 407 g/mol. The molecular formula is C16H29IN4O2. The van der Waals surface area contributed by atoms with E-state index in [0.717, 1.165) is 39.4 Å². The van der Waals surface area contributed by atoms with Crippen LogP contribution in [-0.4, -0.2) is 85.7 Å². The number of amides is 1. The largest absolute Gasteiger partial charge is 0.379 e. The third-order valence-electron chi connectivity index (χ3n) is 4.96. The molecule has 6 nitrogen and oxygen atoms in total. The molecule has 2 atom stereocenters. The highest BCUT2D eigenvalue weighted by Gasteiger charge is 2.35. The molecule has 0 N–H and O–H groups in total. The van der Waals surface area contributed by atoms with Gasteiger partial charge in [0.25, 0.3) is 0 Å². The number of halogens is 1. The number of hydrogen-bond acceptors (Lipinski definition) is 5. The monoisotopic (exact) mass is 436 g/mol. The quantitative estimate of drug-likeness (QED) is 0.585. The lowest BCUT2D eigenvalue weighted by molar-refractivity contribution is -0.130. The highest BCUT2D eigenvalue weighted by Crippen LogP contribution is 2.23. The average molecular weight is 436 g/mol. The Bertz CT molecular complexity index is 409. The van der Waals surface area contributed by atoms with Crippen LogP contribution in [0.4, 0.5) is 0 Å². The van der Waals surface area contributed by atoms with E-state index in [0.29, 0.717) is 31.5 Å². The van der Waals surface area contributed by atoms with E-state index in [2.05, 4.69) is 22.8 Å². The Hall–Kier alpha value is -0.430. The molecule has 2 saturated heterocycles. The van der Waals surface area contributed by atoms with Gasteiger partial charge in [-0.05, 0) is 13.3 Å². The second kappa shape index (κ2) is 10.4. The van der Waals surface area contributed by atoms with E-state index < -0.39 is 0 Å². The van der Waals surface area contributed by atoms with Gasteiger partial charge in [0.2, 0.25) is 5.91 Å². The first-order chi connectivity index (χ1) is 10.6. The highest BCUT2D eigenvalue weighted by molar-refractivity contribution is 14.0. The average Bonchev–Trinajstić information content (AvgIpc) is 2.92. The maximum atomic E-state index is 12.1. The van der Waals surface area contributed by atoms with Crippen molar-refractivity contribution >= 4 is 29.9 Å². The van der Waals surface area contributed by atoms with Crippen molar-refractivity contribution in [3.63, 3.8) is 0 Å². The summed E-state index contributed by atoms with van der Waals surface area (Å²) in [6, 6.07) is 3.17. The van der Waals surface area contributed by atoms with Crippen molar-refractivity contribution in [2.24, 2.45) is 0 Å². The summed E-state index contributed by atoms with van der Waals surface area (Å²) in [4.78, 5) is 18.7. The molecule has 0 spiro atoms. The van der Waals surface area contributed by atoms with Gasteiger partial charge in [0.05, 0.1) is 25.7 Å². The zero-order valence-corrected chi connectivity index (χ0v) is 16.6. The predicted octanol–water partition coefficient (Wildman–Crippen LogP) is 1.16. The lowest BCUT2D eigenvalue weighted by Gasteiger charge is -2.36. The topological polar surface area (TPSA) is 59.8 Å². The Balaban J connectivity index is 0.00000264. The number of nitriles is 1. The van der Waals surface area contributed by atoms with Gasteiger partial charge in [-0.3, -0.25) is 14.6 Å². The normalized spacial score (nSPS) is 25.6. The first kappa shape index (κ1) is 20.6. The van der Waals surface area contributed by atoms with Crippen LogP contribution in [0.2, 0.25) is 0 Å². The Kier molecular flexibility index (Phi) is 9.36. The molecule has 2 aliphatic rings. The minimum absolute atomic E-state index is 0. The van der Waals surface area contributed by atoms with Crippen LogP contribution in [-0.2, 0) is 9.53 Å². The fourth-order valence-electron chi connectivity index (χ4n) is 3.47. The van der Waals surface area contributed by atoms with Crippen molar-refractivity contribution in [3.8, 4) is 6.07 Å². The van der Waals surface area contributed by atoms with E-state index in [1.54, 1.807) is 11.9 Å². The van der Waals surface area contributed by atoms with Crippen molar-refractivity contribution in [2.45, 2.75) is 38.3 Å². The van der Waals surface area contributed by atoms with E-state index in [-0.39, 0.29) is 29.9 Å². The molecule has 0 bridgehead atoms. The molecule has 2 heterocycles. The molecule has 0 saturated carbocycles. The second-order valence-corrected chi connectivity index (χ2v) is 6.25. The minimum Gasteiger partial charge on any atom is -0.379 e. The Morgan fingerprint density at radius 2 is 2.04 bits per heavy atom. The van der Waals surface area contributed by atoms with Crippen LogP contribution in [0.25, 0.3) is 0 Å². The van der Waals surface area contributed by atoms with Crippen LogP contribution in [0, 0.1) is 11.3 Å². The molecule has 2 fully saturated rings. The number of ether oxygens (including phenoxy) is 1. The van der Waals surface area contributed by atoms with E-state index in [1.165, 1.54) is 6.42 Å². The first-order valence-electron chi connectivity index (χ1n) is 8.30. The van der Waals surface area contributed by atoms with Crippen LogP contribution in [0.5, 0.6) is 0 Å². The Morgan fingerprint density at radius 1 is 1.35 bits per heavy atom. The fraction of sp³-hybridized carbons (Fsp3) is 0.875. The SMILES string of the molecule is C[C@@H]1[C@H](N2CCOCC2)CCN1CCC(=O)N(C)CCC#N.I. The summed E-state index contributed by atoms with van der Waals surface area (Å²) in [5.41, 5.74) is 0. The number of carbonyl (C=O) groups excluding carboxylic acids is 1. The number of rotatable bonds is 6. The summed E-state index contributed by atoms with van der Waals surface area (Å²) < 4.78 is 5.43. The van der Waals surface area contributed by atoms with Crippen LogP contribution in [0.1, 0.15) is 26.2 Å². The van der Waals surface area contributed by atoms with Crippen LogP contribution in [0.3, 0.4) is 0 Å². The van der Waals surface area contributed by atoms with Gasteiger partial charge in [0, 0.05) is 58.3 Å². The number of likely N-dealkylation sites (tertiary alicyclic amines) is 1. The highest BCUT2D eigenvalue weighted by atomic mass is 127. The second-order valence-electron chi connectivity index (χ2n) is 6.25. The van der Waals surface area contributed by atoms with Crippen molar-refractivity contribution in [1.82, 2.24) is 14.7 Å². The lowest BCUT2D eigenvalue weighted by atomic mass is 10.1. The van der Waals surface area contributed by atoms with Crippen LogP contribution < -0.4 is 0 Å². The van der Waals surface area contributed by atoms with Gasteiger partial charge in [-0.1, -0.05) is 0 Å². The molecule has 2 aliphatic heterocycles. The number of morpholine rings is 1. The zero-order valence-electron chi connectivity index (χ0n) is 14.2. The smallest absolute Gasteiger partial charge is 0.223 e. The molecule has 1 amide bonds. The van der Waals surface area contributed by atoms with E-state index >= 15 is 0 Å². The van der Waals surface area contributed by atoms with Crippen molar-refractivity contribution in [3.05, 3.63) is 0 Å². The number of hydrogen-bond donors (Lipinski definition) is 0. The van der Waals surface area contributed by atoms with Gasteiger partial charge in [-0.15, -0.1) is 24.0 Å². The minimum atomic E-state index is 0. The summed E-state index contributed by atoms with van der Waals surface area (Å²) in [5, 5.41) is 8.58. The number of nitrogens with zero attached hydrogens (tertiary/aromatic N) is 4. The van der Waals surface area contributed by atoms with Gasteiger partial charge < -0.3 is 9.64 Å². The summed E-state index contributed by atoms with van der Waals surface area (Å²) >= 11 is 0. The van der Waals surface area contributed by atoms with Crippen molar-refractivity contribution in [2.75, 3.05) is 53.0 Å². The van der Waals surface area contributed by atoms with E-state index in [9.17, 15) is 4.79 Å². The van der Waals surface area contributed by atoms with E-state index in [1.807, 2.05) is 0 Å². The zero-order chi connectivity index (χ0) is 15.9. The number of carbonyl (C=O) groups is 1. The van der Waals surface area contributed by atoms with Gasteiger partial charge in [0.1, 0.15) is 0 Å². The van der Waals surface area contributed by atoms with Gasteiger partial charge in [0.15, 0.2) is 0 Å². The maximum absolute atomic E-state index is 12.1. The third-order valence-corrected chi connectivity index (χ3v) is 4.96. The fourth-order valence-corrected chi connectivity index (χ4v) is 3.47. The standard InChI is InChI=1S/C16H28N4O2.HI/c1-14-15(20-10-12-22-13-11-20)4-8-19(14)9-5-16(21)18(2)7-3-6-17;/h14-15H,3-5,7-13H2,1-2H3;1H/t14-,15-;/m1./s1. The molecule has 2 rings (SSSR count). The molecule has 0 aromatic rings. The molecule has 0 unspecified atom stereocenters. The Morgan fingerprint density at radius 3 is 2.70 bits per heavy atom. The van der Waals surface area contributed by atoms with Crippen LogP contribution >= 0.6 is 24.0 Å². The summed E-state index contributed by atoms with van der Waals surface area (Å²) in [6.45, 7) is 8.42. The Labute approximate surface area is 156 Å². The molecule has 23 heavy (non-hydrogen) atoms. The van der Waals surface area contributed by atoms with Crippen molar-refractivity contribution in [1.29, 1.82) is 5.26 Å². The summed E-state index contributed by atoms with van der Waals surface area (Å²) in [7, 11) is 1.78. The molecule has 0 radical (unpaired) electrons. The summed E-state index contributed by atoms with van der Waals surface area (Å²) in [6.07, 6.45) is 2.13. The molecule has 132 valence electrons. The summed E-state index contributed by atoms with van der Waals surface area (Å²) in [5.74, 6) is 0.136. The van der Waals surface area contributed by atoms with E-state index in [4.69, 9.17) is 10.00 Å². The van der Waals surface area contributed by atoms with Crippen LogP contribution in [0.15, 0.2) is 0 Å².